The molecule has 1 aromatic heterocycles. The third kappa shape index (κ3) is 5.00. The number of benzene rings is 1. The first-order valence-electron chi connectivity index (χ1n) is 8.79. The molecule has 1 aliphatic rings. The van der Waals surface area contributed by atoms with Crippen LogP contribution in [-0.4, -0.2) is 41.5 Å². The molecule has 1 N–H and O–H groups in total. The highest BCUT2D eigenvalue weighted by Gasteiger charge is 2.21. The quantitative estimate of drug-likeness (QED) is 0.826. The largest absolute Gasteiger partial charge is 0.348 e. The number of nitrogens with one attached hydrogen (secondary N) is 1. The molecule has 2 heterocycles. The number of aromatic nitrogens is 1. The molecular formula is C20H25N3OS. The molecule has 1 aliphatic heterocycles. The maximum atomic E-state index is 12.5. The zero-order valence-electron chi connectivity index (χ0n) is 14.9. The molecule has 0 spiro atoms. The van der Waals surface area contributed by atoms with Crippen LogP contribution in [0.1, 0.15) is 37.2 Å². The lowest BCUT2D eigenvalue weighted by molar-refractivity contribution is 0.0910. The summed E-state index contributed by atoms with van der Waals surface area (Å²) >= 11 is 1.52. The zero-order valence-corrected chi connectivity index (χ0v) is 15.7. The molecule has 0 unspecified atom stereocenters. The molecule has 132 valence electrons. The number of amides is 1. The summed E-state index contributed by atoms with van der Waals surface area (Å²) in [6.07, 6.45) is 4.26. The average molecular weight is 356 g/mol. The number of hydrogen-bond acceptors (Lipinski definition) is 4. The second-order valence-electron chi connectivity index (χ2n) is 6.73. The maximum Gasteiger partial charge on any atom is 0.270 e. The van der Waals surface area contributed by atoms with Gasteiger partial charge in [0.2, 0.25) is 0 Å². The van der Waals surface area contributed by atoms with Crippen LogP contribution in [0.25, 0.3) is 10.6 Å². The van der Waals surface area contributed by atoms with Crippen LogP contribution < -0.4 is 5.32 Å². The van der Waals surface area contributed by atoms with Gasteiger partial charge in [0.15, 0.2) is 0 Å². The number of carbonyl (C=O) groups excluding carboxylic acids is 1. The SMILES string of the molecule is CC(C)=CCN1CCC(NC(=O)c2csc(-c3ccccc3)n2)CC1. The van der Waals surface area contributed by atoms with Gasteiger partial charge in [-0.05, 0) is 26.7 Å². The fourth-order valence-electron chi connectivity index (χ4n) is 2.92. The molecule has 0 aliphatic carbocycles. The molecule has 1 fully saturated rings. The topological polar surface area (TPSA) is 45.2 Å². The zero-order chi connectivity index (χ0) is 17.6. The van der Waals surface area contributed by atoms with Gasteiger partial charge in [-0.1, -0.05) is 42.0 Å². The lowest BCUT2D eigenvalue weighted by atomic mass is 10.0. The highest BCUT2D eigenvalue weighted by Crippen LogP contribution is 2.23. The lowest BCUT2D eigenvalue weighted by Gasteiger charge is -2.31. The van der Waals surface area contributed by atoms with Crippen LogP contribution >= 0.6 is 11.3 Å². The van der Waals surface area contributed by atoms with Crippen molar-refractivity contribution in [3.05, 3.63) is 53.1 Å². The summed E-state index contributed by atoms with van der Waals surface area (Å²) in [4.78, 5) is 19.4. The monoisotopic (exact) mass is 355 g/mol. The van der Waals surface area contributed by atoms with E-state index in [1.54, 1.807) is 0 Å². The molecule has 4 nitrogen and oxygen atoms in total. The van der Waals surface area contributed by atoms with Crippen LogP contribution in [0, 0.1) is 0 Å². The van der Waals surface area contributed by atoms with Gasteiger partial charge in [0.05, 0.1) is 0 Å². The number of piperidine rings is 1. The molecular weight excluding hydrogens is 330 g/mol. The Morgan fingerprint density at radius 2 is 2.00 bits per heavy atom. The molecule has 0 saturated carbocycles. The summed E-state index contributed by atoms with van der Waals surface area (Å²) in [6, 6.07) is 10.2. The van der Waals surface area contributed by atoms with Gasteiger partial charge >= 0.3 is 0 Å². The van der Waals surface area contributed by atoms with Crippen molar-refractivity contribution in [2.24, 2.45) is 0 Å². The maximum absolute atomic E-state index is 12.5. The standard InChI is InChI=1S/C20H25N3OS/c1-15(2)8-11-23-12-9-17(10-13-23)21-19(24)18-14-25-20(22-18)16-6-4-3-5-7-16/h3-8,14,17H,9-13H2,1-2H3,(H,21,24). The molecule has 25 heavy (non-hydrogen) atoms. The van der Waals surface area contributed by atoms with Crippen molar-refractivity contribution >= 4 is 17.2 Å². The van der Waals surface area contributed by atoms with Crippen molar-refractivity contribution in [3.8, 4) is 10.6 Å². The van der Waals surface area contributed by atoms with Crippen molar-refractivity contribution < 1.29 is 4.79 Å². The number of rotatable bonds is 5. The second kappa shape index (κ2) is 8.41. The fraction of sp³-hybridized carbons (Fsp3) is 0.400. The van der Waals surface area contributed by atoms with Gasteiger partial charge in [-0.2, -0.15) is 0 Å². The van der Waals surface area contributed by atoms with Crippen LogP contribution in [0.15, 0.2) is 47.4 Å². The number of likely N-dealkylation sites (tertiary alicyclic amines) is 1. The predicted octanol–water partition coefficient (Wildman–Crippen LogP) is 3.97. The van der Waals surface area contributed by atoms with E-state index in [9.17, 15) is 4.79 Å². The Hall–Kier alpha value is -1.98. The van der Waals surface area contributed by atoms with E-state index in [-0.39, 0.29) is 11.9 Å². The third-order valence-electron chi connectivity index (χ3n) is 4.44. The van der Waals surface area contributed by atoms with Gasteiger partial charge in [0, 0.05) is 36.6 Å². The molecule has 1 saturated heterocycles. The van der Waals surface area contributed by atoms with Crippen molar-refractivity contribution in [2.45, 2.75) is 32.7 Å². The summed E-state index contributed by atoms with van der Waals surface area (Å²) in [7, 11) is 0. The van der Waals surface area contributed by atoms with E-state index in [1.165, 1.54) is 16.9 Å². The van der Waals surface area contributed by atoms with E-state index in [2.05, 4.69) is 35.1 Å². The second-order valence-corrected chi connectivity index (χ2v) is 7.59. The smallest absolute Gasteiger partial charge is 0.270 e. The third-order valence-corrected chi connectivity index (χ3v) is 5.33. The molecule has 1 amide bonds. The number of carbonyl (C=O) groups is 1. The van der Waals surface area contributed by atoms with Gasteiger partial charge in [-0.15, -0.1) is 11.3 Å². The van der Waals surface area contributed by atoms with E-state index in [4.69, 9.17) is 0 Å². The Morgan fingerprint density at radius 1 is 1.28 bits per heavy atom. The summed E-state index contributed by atoms with van der Waals surface area (Å²) < 4.78 is 0. The van der Waals surface area contributed by atoms with Crippen LogP contribution in [0.5, 0.6) is 0 Å². The Kier molecular flexibility index (Phi) is 6.00. The van der Waals surface area contributed by atoms with Crippen molar-refractivity contribution in [1.29, 1.82) is 0 Å². The molecule has 3 rings (SSSR count). The van der Waals surface area contributed by atoms with Crippen molar-refractivity contribution in [3.63, 3.8) is 0 Å². The van der Waals surface area contributed by atoms with Gasteiger partial charge in [-0.3, -0.25) is 9.69 Å². The molecule has 0 atom stereocenters. The van der Waals surface area contributed by atoms with E-state index in [0.29, 0.717) is 5.69 Å². The summed E-state index contributed by atoms with van der Waals surface area (Å²) in [5.41, 5.74) is 2.93. The van der Waals surface area contributed by atoms with Gasteiger partial charge in [-0.25, -0.2) is 4.98 Å². The minimum atomic E-state index is -0.0545. The van der Waals surface area contributed by atoms with Gasteiger partial charge in [0.1, 0.15) is 10.7 Å². The van der Waals surface area contributed by atoms with Gasteiger partial charge in [0.25, 0.3) is 5.91 Å². The first kappa shape index (κ1) is 17.8. The van der Waals surface area contributed by atoms with Crippen LogP contribution in [0.2, 0.25) is 0 Å². The molecule has 2 aromatic rings. The first-order valence-corrected chi connectivity index (χ1v) is 9.67. The summed E-state index contributed by atoms with van der Waals surface area (Å²) in [5.74, 6) is -0.0545. The minimum Gasteiger partial charge on any atom is -0.348 e. The van der Waals surface area contributed by atoms with Crippen molar-refractivity contribution in [2.75, 3.05) is 19.6 Å². The van der Waals surface area contributed by atoms with E-state index < -0.39 is 0 Å². The van der Waals surface area contributed by atoms with E-state index in [0.717, 1.165) is 43.0 Å². The first-order chi connectivity index (χ1) is 12.1. The number of allylic oxidation sites excluding steroid dienone is 1. The molecule has 5 heteroatoms. The Morgan fingerprint density at radius 3 is 2.68 bits per heavy atom. The summed E-state index contributed by atoms with van der Waals surface area (Å²) in [5, 5.41) is 5.89. The Labute approximate surface area is 153 Å². The summed E-state index contributed by atoms with van der Waals surface area (Å²) in [6.45, 7) is 7.33. The molecule has 1 aromatic carbocycles. The van der Waals surface area contributed by atoms with Crippen LogP contribution in [0.3, 0.4) is 0 Å². The predicted molar refractivity (Wildman–Crippen MR) is 104 cm³/mol. The minimum absolute atomic E-state index is 0.0545. The van der Waals surface area contributed by atoms with Crippen LogP contribution in [-0.2, 0) is 0 Å². The Bertz CT molecular complexity index is 726. The van der Waals surface area contributed by atoms with Crippen LogP contribution in [0.4, 0.5) is 0 Å². The van der Waals surface area contributed by atoms with E-state index in [1.807, 2.05) is 35.7 Å². The normalized spacial score (nSPS) is 15.8. The average Bonchev–Trinajstić information content (AvgIpc) is 3.12. The number of hydrogen-bond donors (Lipinski definition) is 1. The van der Waals surface area contributed by atoms with E-state index >= 15 is 0 Å². The molecule has 0 bridgehead atoms. The van der Waals surface area contributed by atoms with Gasteiger partial charge < -0.3 is 5.32 Å². The highest BCUT2D eigenvalue weighted by atomic mass is 32.1. The van der Waals surface area contributed by atoms with Crippen molar-refractivity contribution in [1.82, 2.24) is 15.2 Å². The number of nitrogens with zero attached hydrogens (tertiary/aromatic N) is 2. The fourth-order valence-corrected chi connectivity index (χ4v) is 3.73. The lowest BCUT2D eigenvalue weighted by Crippen LogP contribution is -2.44. The highest BCUT2D eigenvalue weighted by molar-refractivity contribution is 7.13. The Balaban J connectivity index is 1.52. The molecule has 0 radical (unpaired) electrons. The number of thiazole rings is 1.